The zero-order chi connectivity index (χ0) is 15.1. The molecule has 2 heteroatoms. The molecule has 0 N–H and O–H groups in total. The minimum Gasteiger partial charge on any atom is -0.294 e. The van der Waals surface area contributed by atoms with Gasteiger partial charge in [-0.1, -0.05) is 44.2 Å². The maximum atomic E-state index is 2.76. The number of benzene rings is 1. The molecule has 2 heterocycles. The van der Waals surface area contributed by atoms with Crippen molar-refractivity contribution in [2.45, 2.75) is 58.2 Å². The van der Waals surface area contributed by atoms with Gasteiger partial charge in [0.2, 0.25) is 0 Å². The largest absolute Gasteiger partial charge is 0.294 e. The van der Waals surface area contributed by atoms with Gasteiger partial charge in [-0.15, -0.1) is 0 Å². The molecule has 0 aromatic heterocycles. The molecular weight excluding hydrogens is 256 g/mol. The van der Waals surface area contributed by atoms with Crippen molar-refractivity contribution in [3.05, 3.63) is 35.9 Å². The maximum Gasteiger partial charge on any atom is 0.0518 e. The lowest BCUT2D eigenvalue weighted by atomic mass is 9.67. The predicted molar refractivity (Wildman–Crippen MR) is 89.3 cm³/mol. The Kier molecular flexibility index (Phi) is 3.87. The Hall–Kier alpha value is -0.860. The molecule has 2 aliphatic heterocycles. The van der Waals surface area contributed by atoms with Gasteiger partial charge in [0.1, 0.15) is 0 Å². The average Bonchev–Trinajstić information content (AvgIpc) is 2.85. The van der Waals surface area contributed by atoms with E-state index >= 15 is 0 Å². The molecule has 0 radical (unpaired) electrons. The lowest BCUT2D eigenvalue weighted by Gasteiger charge is -2.66. The highest BCUT2D eigenvalue weighted by Crippen LogP contribution is 2.50. The van der Waals surface area contributed by atoms with E-state index in [0.717, 1.165) is 12.5 Å². The van der Waals surface area contributed by atoms with Crippen molar-refractivity contribution < 1.29 is 0 Å². The Bertz CT molecular complexity index is 480. The molecule has 1 aromatic carbocycles. The molecule has 0 aliphatic carbocycles. The van der Waals surface area contributed by atoms with Crippen LogP contribution in [0, 0.1) is 5.92 Å². The summed E-state index contributed by atoms with van der Waals surface area (Å²) in [5.74, 6) is 0.755. The Morgan fingerprint density at radius 3 is 2.43 bits per heavy atom. The lowest BCUT2D eigenvalue weighted by Crippen LogP contribution is -2.80. The van der Waals surface area contributed by atoms with Crippen LogP contribution in [0.4, 0.5) is 0 Å². The van der Waals surface area contributed by atoms with Gasteiger partial charge >= 0.3 is 0 Å². The highest BCUT2D eigenvalue weighted by molar-refractivity contribution is 5.23. The summed E-state index contributed by atoms with van der Waals surface area (Å²) in [6, 6.07) is 11.0. The van der Waals surface area contributed by atoms with E-state index in [2.05, 4.69) is 67.8 Å². The third-order valence-corrected chi connectivity index (χ3v) is 5.81. The number of rotatable bonds is 4. The third kappa shape index (κ3) is 2.43. The van der Waals surface area contributed by atoms with Crippen LogP contribution in [0.15, 0.2) is 30.3 Å². The van der Waals surface area contributed by atoms with Crippen LogP contribution in [0.5, 0.6) is 0 Å². The van der Waals surface area contributed by atoms with Gasteiger partial charge < -0.3 is 0 Å². The molecule has 21 heavy (non-hydrogen) atoms. The van der Waals surface area contributed by atoms with Gasteiger partial charge in [-0.2, -0.15) is 0 Å². The van der Waals surface area contributed by atoms with Crippen molar-refractivity contribution in [1.82, 2.24) is 9.80 Å². The van der Waals surface area contributed by atoms with Gasteiger partial charge in [0.15, 0.2) is 0 Å². The van der Waals surface area contributed by atoms with E-state index in [1.165, 1.54) is 38.0 Å². The van der Waals surface area contributed by atoms with Crippen LogP contribution < -0.4 is 0 Å². The van der Waals surface area contributed by atoms with Gasteiger partial charge in [0, 0.05) is 25.2 Å². The smallest absolute Gasteiger partial charge is 0.0518 e. The first-order chi connectivity index (χ1) is 9.96. The van der Waals surface area contributed by atoms with Crippen molar-refractivity contribution in [1.29, 1.82) is 0 Å². The van der Waals surface area contributed by atoms with Crippen molar-refractivity contribution >= 4 is 0 Å². The van der Waals surface area contributed by atoms with Crippen molar-refractivity contribution in [2.24, 2.45) is 5.92 Å². The monoisotopic (exact) mass is 286 g/mol. The Morgan fingerprint density at radius 2 is 1.81 bits per heavy atom. The van der Waals surface area contributed by atoms with Crippen LogP contribution in [0.3, 0.4) is 0 Å². The van der Waals surface area contributed by atoms with E-state index in [0.29, 0.717) is 11.1 Å². The van der Waals surface area contributed by atoms with Crippen molar-refractivity contribution in [2.75, 3.05) is 19.6 Å². The second-order valence-corrected chi connectivity index (χ2v) is 7.88. The fourth-order valence-corrected chi connectivity index (χ4v) is 4.48. The molecule has 2 nitrogen and oxygen atoms in total. The second-order valence-electron chi connectivity index (χ2n) is 7.88. The van der Waals surface area contributed by atoms with Crippen LogP contribution >= 0.6 is 0 Å². The summed E-state index contributed by atoms with van der Waals surface area (Å²) in [5, 5.41) is 0. The fraction of sp³-hybridized carbons (Fsp3) is 0.684. The minimum atomic E-state index is 0.308. The third-order valence-electron chi connectivity index (χ3n) is 5.81. The molecule has 1 unspecified atom stereocenters. The summed E-state index contributed by atoms with van der Waals surface area (Å²) in [6.45, 7) is 14.4. The van der Waals surface area contributed by atoms with Gasteiger partial charge in [0.25, 0.3) is 0 Å². The molecule has 2 aliphatic rings. The Labute approximate surface area is 130 Å². The second kappa shape index (κ2) is 5.40. The first kappa shape index (κ1) is 15.1. The Balaban J connectivity index is 1.75. The van der Waals surface area contributed by atoms with E-state index in [4.69, 9.17) is 0 Å². The van der Waals surface area contributed by atoms with E-state index < -0.39 is 0 Å². The van der Waals surface area contributed by atoms with Crippen LogP contribution in [-0.4, -0.2) is 40.5 Å². The highest BCUT2D eigenvalue weighted by Gasteiger charge is 2.62. The van der Waals surface area contributed by atoms with E-state index in [1.807, 2.05) is 0 Å². The molecule has 1 spiro atoms. The Morgan fingerprint density at radius 1 is 1.10 bits per heavy atom. The number of nitrogens with zero attached hydrogens (tertiary/aromatic N) is 2. The maximum absolute atomic E-state index is 2.76. The molecular formula is C19H30N2. The summed E-state index contributed by atoms with van der Waals surface area (Å²) < 4.78 is 0. The van der Waals surface area contributed by atoms with Gasteiger partial charge in [-0.05, 0) is 44.7 Å². The molecule has 1 aromatic rings. The number of likely N-dealkylation sites (tertiary alicyclic amines) is 2. The normalized spacial score (nSPS) is 29.2. The van der Waals surface area contributed by atoms with Crippen LogP contribution in [0.2, 0.25) is 0 Å². The summed E-state index contributed by atoms with van der Waals surface area (Å²) in [5.41, 5.74) is 2.16. The summed E-state index contributed by atoms with van der Waals surface area (Å²) >= 11 is 0. The molecule has 1 atom stereocenters. The first-order valence-corrected chi connectivity index (χ1v) is 8.50. The summed E-state index contributed by atoms with van der Waals surface area (Å²) in [7, 11) is 0. The molecule has 0 saturated carbocycles. The summed E-state index contributed by atoms with van der Waals surface area (Å²) in [4.78, 5) is 5.46. The number of hydrogen-bond donors (Lipinski definition) is 0. The predicted octanol–water partition coefficient (Wildman–Crippen LogP) is 3.77. The van der Waals surface area contributed by atoms with Crippen LogP contribution in [-0.2, 0) is 6.54 Å². The molecule has 2 fully saturated rings. The standard InChI is InChI=1S/C19H30N2/c1-16(2)13-21-15-19(18(21,3)4)11-8-12-20(19)14-17-9-6-5-7-10-17/h5-7,9-10,16H,8,11-15H2,1-4H3. The van der Waals surface area contributed by atoms with E-state index in [-0.39, 0.29) is 0 Å². The average molecular weight is 286 g/mol. The number of hydrogen-bond acceptors (Lipinski definition) is 2. The summed E-state index contributed by atoms with van der Waals surface area (Å²) in [6.07, 6.45) is 2.72. The van der Waals surface area contributed by atoms with E-state index in [1.54, 1.807) is 0 Å². The van der Waals surface area contributed by atoms with Gasteiger partial charge in [0.05, 0.1) is 5.54 Å². The zero-order valence-corrected chi connectivity index (χ0v) is 14.1. The molecule has 116 valence electrons. The topological polar surface area (TPSA) is 6.48 Å². The molecule has 3 rings (SSSR count). The molecule has 2 saturated heterocycles. The highest BCUT2D eigenvalue weighted by atomic mass is 15.4. The van der Waals surface area contributed by atoms with Crippen LogP contribution in [0.1, 0.15) is 46.1 Å². The van der Waals surface area contributed by atoms with Gasteiger partial charge in [-0.25, -0.2) is 0 Å². The SMILES string of the molecule is CC(C)CN1CC2(CCCN2Cc2ccccc2)C1(C)C. The van der Waals surface area contributed by atoms with Crippen molar-refractivity contribution in [3.8, 4) is 0 Å². The van der Waals surface area contributed by atoms with E-state index in [9.17, 15) is 0 Å². The molecule has 0 amide bonds. The van der Waals surface area contributed by atoms with Gasteiger partial charge in [-0.3, -0.25) is 9.80 Å². The van der Waals surface area contributed by atoms with Crippen molar-refractivity contribution in [3.63, 3.8) is 0 Å². The fourth-order valence-electron chi connectivity index (χ4n) is 4.48. The molecule has 0 bridgehead atoms. The quantitative estimate of drug-likeness (QED) is 0.831. The minimum absolute atomic E-state index is 0.308. The van der Waals surface area contributed by atoms with Crippen LogP contribution in [0.25, 0.3) is 0 Å². The zero-order valence-electron chi connectivity index (χ0n) is 14.1. The lowest BCUT2D eigenvalue weighted by molar-refractivity contribution is -0.153. The first-order valence-electron chi connectivity index (χ1n) is 8.50.